The molecular weight excluding hydrogens is 416 g/mol. The molecule has 0 saturated carbocycles. The summed E-state index contributed by atoms with van der Waals surface area (Å²) < 4.78 is 0. The van der Waals surface area contributed by atoms with Crippen LogP contribution in [-0.4, -0.2) is 66.5 Å². The van der Waals surface area contributed by atoms with Crippen LogP contribution in [0.25, 0.3) is 0 Å². The van der Waals surface area contributed by atoms with Crippen molar-refractivity contribution in [3.8, 4) is 0 Å². The molecule has 30 heavy (non-hydrogen) atoms. The molecule has 6 nitrogen and oxygen atoms in total. The maximum absolute atomic E-state index is 12.1. The summed E-state index contributed by atoms with van der Waals surface area (Å²) in [7, 11) is 3.47. The smallest absolute Gasteiger partial charge is 0.221 e. The quantitative estimate of drug-likeness (QED) is 0.240. The zero-order valence-corrected chi connectivity index (χ0v) is 21.8. The predicted molar refractivity (Wildman–Crippen MR) is 134 cm³/mol. The van der Waals surface area contributed by atoms with Gasteiger partial charge < -0.3 is 16.4 Å². The van der Waals surface area contributed by atoms with Crippen LogP contribution in [0, 0.1) is 5.41 Å². The Kier molecular flexibility index (Phi) is 16.0. The molecule has 2 amide bonds. The lowest BCUT2D eigenvalue weighted by Crippen LogP contribution is -2.44. The number of nitrogens with two attached hydrogens (primary N) is 1. The van der Waals surface area contributed by atoms with Crippen molar-refractivity contribution in [2.24, 2.45) is 11.1 Å². The number of carbonyl (C=O) groups is 2. The van der Waals surface area contributed by atoms with Gasteiger partial charge in [-0.05, 0) is 58.5 Å². The Morgan fingerprint density at radius 2 is 1.37 bits per heavy atom. The summed E-state index contributed by atoms with van der Waals surface area (Å²) in [5, 5.41) is 5.97. The van der Waals surface area contributed by atoms with Gasteiger partial charge in [-0.2, -0.15) is 0 Å². The third kappa shape index (κ3) is 18.3. The number of carbonyl (C=O) groups excluding carboxylic acids is 2. The average molecular weight is 463 g/mol. The van der Waals surface area contributed by atoms with E-state index in [4.69, 9.17) is 5.73 Å². The highest BCUT2D eigenvalue weighted by atomic mass is 33.1. The summed E-state index contributed by atoms with van der Waals surface area (Å²) in [4.78, 5) is 26.3. The molecule has 0 aliphatic carbocycles. The molecule has 0 fully saturated rings. The van der Waals surface area contributed by atoms with Gasteiger partial charge in [0.05, 0.1) is 0 Å². The molecule has 0 spiro atoms. The fourth-order valence-electron chi connectivity index (χ4n) is 2.71. The normalized spacial score (nSPS) is 12.3. The van der Waals surface area contributed by atoms with Crippen LogP contribution in [0.2, 0.25) is 0 Å². The van der Waals surface area contributed by atoms with Gasteiger partial charge in [-0.15, -0.1) is 0 Å². The molecule has 4 N–H and O–H groups in total. The van der Waals surface area contributed by atoms with Crippen LogP contribution in [0.3, 0.4) is 0 Å². The monoisotopic (exact) mass is 462 g/mol. The van der Waals surface area contributed by atoms with Crippen LogP contribution >= 0.6 is 21.6 Å². The number of unbranched alkanes of at least 4 members (excludes halogenated alkanes) is 1. The predicted octanol–water partition coefficient (Wildman–Crippen LogP) is 3.66. The maximum Gasteiger partial charge on any atom is 0.221 e. The molecular formula is C22H46N4O2S2. The molecule has 0 heterocycles. The van der Waals surface area contributed by atoms with E-state index < -0.39 is 0 Å². The van der Waals surface area contributed by atoms with E-state index in [9.17, 15) is 9.59 Å². The van der Waals surface area contributed by atoms with Crippen molar-refractivity contribution in [2.75, 3.05) is 44.2 Å². The van der Waals surface area contributed by atoms with Crippen molar-refractivity contribution in [1.82, 2.24) is 15.5 Å². The SMILES string of the molecule is CC(C)(C)CCC(=O)NCCSSCCNC(=O)CCN(CCCCN)C(C)(C)C. The number of rotatable bonds is 16. The Balaban J connectivity index is 3.74. The lowest BCUT2D eigenvalue weighted by Gasteiger charge is -2.35. The average Bonchev–Trinajstić information content (AvgIpc) is 2.63. The zero-order valence-electron chi connectivity index (χ0n) is 20.1. The molecule has 0 radical (unpaired) electrons. The molecule has 0 saturated heterocycles. The third-order valence-corrected chi connectivity index (χ3v) is 7.05. The summed E-state index contributed by atoms with van der Waals surface area (Å²) in [6.07, 6.45) is 4.11. The number of nitrogens with zero attached hydrogens (tertiary/aromatic N) is 1. The van der Waals surface area contributed by atoms with E-state index in [0.29, 0.717) is 25.9 Å². The number of hydrogen-bond donors (Lipinski definition) is 3. The van der Waals surface area contributed by atoms with Crippen LogP contribution in [0.15, 0.2) is 0 Å². The van der Waals surface area contributed by atoms with E-state index in [1.165, 1.54) is 0 Å². The Labute approximate surface area is 193 Å². The van der Waals surface area contributed by atoms with Crippen LogP contribution in [0.4, 0.5) is 0 Å². The van der Waals surface area contributed by atoms with Crippen LogP contribution in [-0.2, 0) is 9.59 Å². The number of amides is 2. The first-order valence-electron chi connectivity index (χ1n) is 11.2. The van der Waals surface area contributed by atoms with Crippen LogP contribution in [0.5, 0.6) is 0 Å². The maximum atomic E-state index is 12.1. The van der Waals surface area contributed by atoms with Crippen LogP contribution in [0.1, 0.15) is 73.6 Å². The summed E-state index contributed by atoms with van der Waals surface area (Å²) >= 11 is 0. The molecule has 0 bridgehead atoms. The van der Waals surface area contributed by atoms with Crippen molar-refractivity contribution in [2.45, 2.75) is 79.2 Å². The van der Waals surface area contributed by atoms with E-state index in [1.807, 2.05) is 0 Å². The fourth-order valence-corrected chi connectivity index (χ4v) is 4.53. The third-order valence-electron chi connectivity index (χ3n) is 4.64. The van der Waals surface area contributed by atoms with Gasteiger partial charge in [0.25, 0.3) is 0 Å². The van der Waals surface area contributed by atoms with Gasteiger partial charge in [-0.25, -0.2) is 0 Å². The Morgan fingerprint density at radius 3 is 1.83 bits per heavy atom. The second kappa shape index (κ2) is 16.2. The highest BCUT2D eigenvalue weighted by molar-refractivity contribution is 8.76. The van der Waals surface area contributed by atoms with E-state index >= 15 is 0 Å². The Morgan fingerprint density at radius 1 is 0.833 bits per heavy atom. The zero-order chi connectivity index (χ0) is 23.0. The first kappa shape index (κ1) is 29.6. The van der Waals surface area contributed by atoms with E-state index in [1.54, 1.807) is 21.6 Å². The van der Waals surface area contributed by atoms with Crippen molar-refractivity contribution >= 4 is 33.4 Å². The molecule has 0 aromatic carbocycles. The molecule has 0 unspecified atom stereocenters. The van der Waals surface area contributed by atoms with Gasteiger partial charge in [0, 0.05) is 49.5 Å². The first-order valence-corrected chi connectivity index (χ1v) is 13.7. The highest BCUT2D eigenvalue weighted by Gasteiger charge is 2.21. The minimum absolute atomic E-state index is 0.0591. The molecule has 8 heteroatoms. The first-order chi connectivity index (χ1) is 14.0. The molecule has 0 rings (SSSR count). The Hall–Kier alpha value is -0.440. The van der Waals surface area contributed by atoms with Crippen molar-refractivity contribution in [3.05, 3.63) is 0 Å². The molecule has 178 valence electrons. The Bertz CT molecular complexity index is 477. The summed E-state index contributed by atoms with van der Waals surface area (Å²) in [5.74, 6) is 1.99. The summed E-state index contributed by atoms with van der Waals surface area (Å²) in [6, 6.07) is 0. The summed E-state index contributed by atoms with van der Waals surface area (Å²) in [5.41, 5.74) is 5.84. The van der Waals surface area contributed by atoms with Gasteiger partial charge in [-0.1, -0.05) is 42.4 Å². The molecule has 0 aliphatic rings. The molecule has 0 aliphatic heterocycles. The lowest BCUT2D eigenvalue weighted by atomic mass is 9.90. The van der Waals surface area contributed by atoms with Gasteiger partial charge >= 0.3 is 0 Å². The minimum atomic E-state index is 0.0591. The highest BCUT2D eigenvalue weighted by Crippen LogP contribution is 2.21. The summed E-state index contributed by atoms with van der Waals surface area (Å²) in [6.45, 7) is 16.9. The van der Waals surface area contributed by atoms with Gasteiger partial charge in [0.1, 0.15) is 0 Å². The standard InChI is InChI=1S/C22H46N4O2S2/c1-21(2,3)11-9-19(27)24-13-17-29-30-18-14-25-20(28)10-16-26(22(4,5)6)15-8-7-12-23/h7-18,23H2,1-6H3,(H,24,27)(H,25,28). The molecule has 0 aromatic rings. The van der Waals surface area contributed by atoms with E-state index in [0.717, 1.165) is 50.4 Å². The number of nitrogens with one attached hydrogen (secondary N) is 2. The molecule has 0 atom stereocenters. The fraction of sp³-hybridized carbons (Fsp3) is 0.909. The molecule has 0 aromatic heterocycles. The van der Waals surface area contributed by atoms with Crippen LogP contribution < -0.4 is 16.4 Å². The van der Waals surface area contributed by atoms with Crippen molar-refractivity contribution < 1.29 is 9.59 Å². The van der Waals surface area contributed by atoms with Gasteiger partial charge in [0.2, 0.25) is 11.8 Å². The second-order valence-electron chi connectivity index (χ2n) is 9.81. The van der Waals surface area contributed by atoms with E-state index in [-0.39, 0.29) is 22.8 Å². The topological polar surface area (TPSA) is 87.5 Å². The van der Waals surface area contributed by atoms with E-state index in [2.05, 4.69) is 57.1 Å². The minimum Gasteiger partial charge on any atom is -0.355 e. The second-order valence-corrected chi connectivity index (χ2v) is 12.5. The van der Waals surface area contributed by atoms with Crippen molar-refractivity contribution in [1.29, 1.82) is 0 Å². The van der Waals surface area contributed by atoms with Gasteiger partial charge in [0.15, 0.2) is 0 Å². The lowest BCUT2D eigenvalue weighted by molar-refractivity contribution is -0.122. The largest absolute Gasteiger partial charge is 0.355 e. The van der Waals surface area contributed by atoms with Gasteiger partial charge in [-0.3, -0.25) is 14.5 Å². The van der Waals surface area contributed by atoms with Crippen molar-refractivity contribution in [3.63, 3.8) is 0 Å². The number of hydrogen-bond acceptors (Lipinski definition) is 6.